The minimum atomic E-state index is -4.48. The van der Waals surface area contributed by atoms with E-state index in [1.165, 1.54) is 18.2 Å². The van der Waals surface area contributed by atoms with Crippen molar-refractivity contribution in [3.63, 3.8) is 0 Å². The lowest BCUT2D eigenvalue weighted by Crippen LogP contribution is -2.26. The topological polar surface area (TPSA) is 96.5 Å². The molecule has 0 aliphatic rings. The molecule has 0 amide bonds. The molecule has 114 valence electrons. The van der Waals surface area contributed by atoms with Crippen molar-refractivity contribution in [2.45, 2.75) is 31.8 Å². The third-order valence-corrected chi connectivity index (χ3v) is 5.59. The zero-order valence-electron chi connectivity index (χ0n) is 11.7. The summed E-state index contributed by atoms with van der Waals surface area (Å²) in [6, 6.07) is 5.56. The normalized spacial score (nSPS) is 12.6. The molecule has 0 radical (unpaired) electrons. The second kappa shape index (κ2) is 5.67. The predicted molar refractivity (Wildman–Crippen MR) is 74.0 cm³/mol. The second-order valence-electron chi connectivity index (χ2n) is 4.72. The Labute approximate surface area is 121 Å². The number of halogens is 1. The van der Waals surface area contributed by atoms with E-state index < -0.39 is 18.6 Å². The van der Waals surface area contributed by atoms with E-state index >= 15 is 0 Å². The van der Waals surface area contributed by atoms with Gasteiger partial charge in [0.1, 0.15) is 11.0 Å². The van der Waals surface area contributed by atoms with Crippen LogP contribution in [-0.2, 0) is 9.72 Å². The van der Waals surface area contributed by atoms with Crippen LogP contribution < -0.4 is 0 Å². The standard InChI is InChI=1S/C13H16FN2O4P/c1-3-13(4-2,21(17,18)19)12-15-11(20-16-12)9-6-5-7-10(14)8-9/h5-8H,3-4H2,1-2H3,(H2,17,18,19). The Morgan fingerprint density at radius 2 is 2.00 bits per heavy atom. The highest BCUT2D eigenvalue weighted by Crippen LogP contribution is 2.60. The second-order valence-corrected chi connectivity index (χ2v) is 6.66. The average Bonchev–Trinajstić information content (AvgIpc) is 2.89. The van der Waals surface area contributed by atoms with Gasteiger partial charge < -0.3 is 14.3 Å². The summed E-state index contributed by atoms with van der Waals surface area (Å²) in [5.74, 6) is -0.483. The van der Waals surface area contributed by atoms with Crippen LogP contribution in [0, 0.1) is 5.82 Å². The van der Waals surface area contributed by atoms with Gasteiger partial charge in [0.05, 0.1) is 0 Å². The van der Waals surface area contributed by atoms with Crippen molar-refractivity contribution < 1.29 is 23.3 Å². The Morgan fingerprint density at radius 1 is 1.33 bits per heavy atom. The summed E-state index contributed by atoms with van der Waals surface area (Å²) in [5.41, 5.74) is 0.362. The first-order chi connectivity index (χ1) is 9.84. The van der Waals surface area contributed by atoms with Crippen molar-refractivity contribution in [3.05, 3.63) is 35.9 Å². The molecule has 21 heavy (non-hydrogen) atoms. The van der Waals surface area contributed by atoms with Gasteiger partial charge in [0, 0.05) is 5.56 Å². The molecular formula is C13H16FN2O4P. The summed E-state index contributed by atoms with van der Waals surface area (Å²) in [6.45, 7) is 3.31. The number of nitrogens with zero attached hydrogens (tertiary/aromatic N) is 2. The molecule has 0 aliphatic carbocycles. The molecule has 0 spiro atoms. The monoisotopic (exact) mass is 314 g/mol. The molecular weight excluding hydrogens is 298 g/mol. The van der Waals surface area contributed by atoms with E-state index in [1.54, 1.807) is 19.9 Å². The summed E-state index contributed by atoms with van der Waals surface area (Å²) in [4.78, 5) is 23.3. The molecule has 2 N–H and O–H groups in total. The fraction of sp³-hybridized carbons (Fsp3) is 0.385. The molecule has 0 atom stereocenters. The van der Waals surface area contributed by atoms with Crippen molar-refractivity contribution in [1.29, 1.82) is 0 Å². The van der Waals surface area contributed by atoms with E-state index in [0.29, 0.717) is 5.56 Å². The molecule has 0 unspecified atom stereocenters. The van der Waals surface area contributed by atoms with E-state index in [-0.39, 0.29) is 24.6 Å². The molecule has 6 nitrogen and oxygen atoms in total. The van der Waals surface area contributed by atoms with E-state index in [2.05, 4.69) is 10.1 Å². The Balaban J connectivity index is 2.50. The fourth-order valence-electron chi connectivity index (χ4n) is 2.26. The van der Waals surface area contributed by atoms with Crippen LogP contribution in [0.4, 0.5) is 4.39 Å². The third kappa shape index (κ3) is 2.77. The largest absolute Gasteiger partial charge is 0.339 e. The van der Waals surface area contributed by atoms with E-state index in [9.17, 15) is 18.7 Å². The maximum absolute atomic E-state index is 13.2. The van der Waals surface area contributed by atoms with Gasteiger partial charge >= 0.3 is 7.60 Å². The summed E-state index contributed by atoms with van der Waals surface area (Å²) >= 11 is 0. The van der Waals surface area contributed by atoms with Gasteiger partial charge in [0.15, 0.2) is 5.82 Å². The highest BCUT2D eigenvalue weighted by atomic mass is 31.2. The predicted octanol–water partition coefficient (Wildman–Crippen LogP) is 3.07. The third-order valence-electron chi connectivity index (χ3n) is 3.64. The first-order valence-electron chi connectivity index (χ1n) is 6.50. The molecule has 0 saturated heterocycles. The molecule has 0 bridgehead atoms. The van der Waals surface area contributed by atoms with Gasteiger partial charge in [0.2, 0.25) is 0 Å². The summed E-state index contributed by atoms with van der Waals surface area (Å²) in [5, 5.41) is 2.22. The van der Waals surface area contributed by atoms with Gasteiger partial charge in [-0.25, -0.2) is 4.39 Å². The van der Waals surface area contributed by atoms with E-state index in [1.807, 2.05) is 0 Å². The zero-order chi connectivity index (χ0) is 15.7. The Morgan fingerprint density at radius 3 is 2.52 bits per heavy atom. The summed E-state index contributed by atoms with van der Waals surface area (Å²) in [7, 11) is -4.48. The van der Waals surface area contributed by atoms with Gasteiger partial charge in [-0.1, -0.05) is 25.1 Å². The van der Waals surface area contributed by atoms with Crippen molar-refractivity contribution >= 4 is 7.60 Å². The Kier molecular flexibility index (Phi) is 4.27. The Hall–Kier alpha value is -1.56. The van der Waals surface area contributed by atoms with Crippen molar-refractivity contribution in [1.82, 2.24) is 10.1 Å². The lowest BCUT2D eigenvalue weighted by atomic mass is 10.0. The van der Waals surface area contributed by atoms with Crippen LogP contribution in [0.15, 0.2) is 28.8 Å². The molecule has 0 aliphatic heterocycles. The number of rotatable bonds is 5. The molecule has 1 aromatic heterocycles. The SMILES string of the molecule is CCC(CC)(c1noc(-c2cccc(F)c2)n1)P(=O)(O)O. The molecule has 8 heteroatoms. The van der Waals surface area contributed by atoms with E-state index in [4.69, 9.17) is 4.52 Å². The first kappa shape index (κ1) is 15.8. The van der Waals surface area contributed by atoms with Crippen LogP contribution in [0.5, 0.6) is 0 Å². The molecule has 1 aromatic carbocycles. The summed E-state index contributed by atoms with van der Waals surface area (Å²) in [6.07, 6.45) is 0.325. The van der Waals surface area contributed by atoms with Crippen LogP contribution in [0.1, 0.15) is 32.5 Å². The summed E-state index contributed by atoms with van der Waals surface area (Å²) < 4.78 is 30.1. The first-order valence-corrected chi connectivity index (χ1v) is 8.11. The van der Waals surface area contributed by atoms with Gasteiger partial charge in [-0.05, 0) is 31.0 Å². The van der Waals surface area contributed by atoms with Crippen LogP contribution in [0.2, 0.25) is 0 Å². The molecule has 1 heterocycles. The minimum Gasteiger partial charge on any atom is -0.334 e. The van der Waals surface area contributed by atoms with Gasteiger partial charge in [0.25, 0.3) is 5.89 Å². The van der Waals surface area contributed by atoms with E-state index in [0.717, 1.165) is 0 Å². The fourth-order valence-corrected chi connectivity index (χ4v) is 3.43. The molecule has 2 rings (SSSR count). The van der Waals surface area contributed by atoms with Crippen molar-refractivity contribution in [2.24, 2.45) is 0 Å². The molecule has 2 aromatic rings. The van der Waals surface area contributed by atoms with Crippen molar-refractivity contribution in [3.8, 4) is 11.5 Å². The van der Waals surface area contributed by atoms with Gasteiger partial charge in [-0.3, -0.25) is 4.57 Å². The Bertz CT molecular complexity index is 678. The molecule has 0 fully saturated rings. The number of hydrogen-bond acceptors (Lipinski definition) is 4. The van der Waals surface area contributed by atoms with Crippen LogP contribution in [-0.4, -0.2) is 19.9 Å². The quantitative estimate of drug-likeness (QED) is 0.823. The smallest absolute Gasteiger partial charge is 0.334 e. The highest BCUT2D eigenvalue weighted by molar-refractivity contribution is 7.53. The number of aromatic nitrogens is 2. The van der Waals surface area contributed by atoms with Crippen LogP contribution in [0.25, 0.3) is 11.5 Å². The van der Waals surface area contributed by atoms with Gasteiger partial charge in [-0.2, -0.15) is 4.98 Å². The average molecular weight is 314 g/mol. The van der Waals surface area contributed by atoms with Crippen molar-refractivity contribution in [2.75, 3.05) is 0 Å². The van der Waals surface area contributed by atoms with Gasteiger partial charge in [-0.15, -0.1) is 0 Å². The zero-order valence-corrected chi connectivity index (χ0v) is 12.5. The number of benzene rings is 1. The van der Waals surface area contributed by atoms with Crippen LogP contribution >= 0.6 is 7.60 Å². The maximum atomic E-state index is 13.2. The maximum Gasteiger partial charge on any atom is 0.339 e. The lowest BCUT2D eigenvalue weighted by molar-refractivity contribution is 0.302. The molecule has 0 saturated carbocycles. The highest BCUT2D eigenvalue weighted by Gasteiger charge is 2.49. The van der Waals surface area contributed by atoms with Crippen LogP contribution in [0.3, 0.4) is 0 Å². The lowest BCUT2D eigenvalue weighted by Gasteiger charge is -2.28. The minimum absolute atomic E-state index is 0.0317. The number of hydrogen-bond donors (Lipinski definition) is 2.